The lowest BCUT2D eigenvalue weighted by atomic mass is 10.1. The maximum absolute atomic E-state index is 12.6. The predicted octanol–water partition coefficient (Wildman–Crippen LogP) is 3.84. The van der Waals surface area contributed by atoms with E-state index in [4.69, 9.17) is 5.11 Å². The number of rotatable bonds is 8. The molecule has 5 nitrogen and oxygen atoms in total. The van der Waals surface area contributed by atoms with Crippen LogP contribution in [0.1, 0.15) is 33.6 Å². The van der Waals surface area contributed by atoms with Crippen LogP contribution < -0.4 is 0 Å². The van der Waals surface area contributed by atoms with E-state index in [9.17, 15) is 27.6 Å². The first kappa shape index (κ1) is 20.6. The van der Waals surface area contributed by atoms with Crippen molar-refractivity contribution in [2.24, 2.45) is 0 Å². The first-order valence-electron chi connectivity index (χ1n) is 7.89. The molecular weight excluding hydrogens is 383 g/mol. The van der Waals surface area contributed by atoms with Gasteiger partial charge in [-0.2, -0.15) is 13.2 Å². The SMILES string of the molecule is O=C(O)CN(Cc1ccc(C(F)(F)F)cc1)C(=O)CCC(=O)c1cccs1. The van der Waals surface area contributed by atoms with Crippen molar-refractivity contribution in [2.45, 2.75) is 25.6 Å². The van der Waals surface area contributed by atoms with E-state index in [1.807, 2.05) is 0 Å². The fraction of sp³-hybridized carbons (Fsp3) is 0.278. The fourth-order valence-electron chi connectivity index (χ4n) is 2.35. The second-order valence-corrected chi connectivity index (χ2v) is 6.69. The number of hydrogen-bond donors (Lipinski definition) is 1. The molecule has 0 unspecified atom stereocenters. The van der Waals surface area contributed by atoms with Crippen LogP contribution in [0.3, 0.4) is 0 Å². The van der Waals surface area contributed by atoms with E-state index in [1.165, 1.54) is 23.5 Å². The van der Waals surface area contributed by atoms with Crippen molar-refractivity contribution < 1.29 is 32.7 Å². The first-order valence-corrected chi connectivity index (χ1v) is 8.77. The number of ketones is 1. The van der Waals surface area contributed by atoms with Crippen LogP contribution in [0.4, 0.5) is 13.2 Å². The number of thiophene rings is 1. The molecule has 2 aromatic rings. The zero-order valence-corrected chi connectivity index (χ0v) is 14.8. The van der Waals surface area contributed by atoms with Gasteiger partial charge in [0.2, 0.25) is 5.91 Å². The summed E-state index contributed by atoms with van der Waals surface area (Å²) in [5, 5.41) is 10.7. The average molecular weight is 399 g/mol. The van der Waals surface area contributed by atoms with Crippen molar-refractivity contribution in [3.05, 3.63) is 57.8 Å². The Kier molecular flexibility index (Phi) is 6.73. The van der Waals surface area contributed by atoms with Crippen LogP contribution in [-0.4, -0.2) is 34.2 Å². The second kappa shape index (κ2) is 8.81. The molecule has 0 saturated carbocycles. The molecule has 2 rings (SSSR count). The zero-order chi connectivity index (χ0) is 20.0. The van der Waals surface area contributed by atoms with Crippen molar-refractivity contribution >= 4 is 29.0 Å². The minimum Gasteiger partial charge on any atom is -0.480 e. The summed E-state index contributed by atoms with van der Waals surface area (Å²) in [6, 6.07) is 7.48. The summed E-state index contributed by atoms with van der Waals surface area (Å²) < 4.78 is 37.8. The van der Waals surface area contributed by atoms with E-state index in [0.29, 0.717) is 10.4 Å². The van der Waals surface area contributed by atoms with Crippen molar-refractivity contribution in [1.29, 1.82) is 0 Å². The largest absolute Gasteiger partial charge is 0.480 e. The summed E-state index contributed by atoms with van der Waals surface area (Å²) in [7, 11) is 0. The monoisotopic (exact) mass is 399 g/mol. The highest BCUT2D eigenvalue weighted by Gasteiger charge is 2.30. The van der Waals surface area contributed by atoms with Gasteiger partial charge in [0, 0.05) is 19.4 Å². The molecule has 0 spiro atoms. The van der Waals surface area contributed by atoms with Crippen molar-refractivity contribution in [2.75, 3.05) is 6.54 Å². The molecule has 0 saturated heterocycles. The van der Waals surface area contributed by atoms with Crippen LogP contribution >= 0.6 is 11.3 Å². The van der Waals surface area contributed by atoms with Gasteiger partial charge < -0.3 is 10.0 Å². The van der Waals surface area contributed by atoms with Gasteiger partial charge in [0.05, 0.1) is 10.4 Å². The Morgan fingerprint density at radius 2 is 1.70 bits per heavy atom. The van der Waals surface area contributed by atoms with Gasteiger partial charge in [-0.05, 0) is 29.1 Å². The summed E-state index contributed by atoms with van der Waals surface area (Å²) in [5.41, 5.74) is -0.467. The molecule has 1 aromatic heterocycles. The number of carbonyl (C=O) groups excluding carboxylic acids is 2. The van der Waals surface area contributed by atoms with Gasteiger partial charge in [0.1, 0.15) is 6.54 Å². The highest BCUT2D eigenvalue weighted by atomic mass is 32.1. The molecule has 9 heteroatoms. The summed E-state index contributed by atoms with van der Waals surface area (Å²) >= 11 is 1.25. The van der Waals surface area contributed by atoms with Crippen LogP contribution in [-0.2, 0) is 22.3 Å². The Bertz CT molecular complexity index is 801. The molecule has 144 valence electrons. The van der Waals surface area contributed by atoms with Gasteiger partial charge in [0.15, 0.2) is 5.78 Å². The van der Waals surface area contributed by atoms with Gasteiger partial charge in [-0.3, -0.25) is 14.4 Å². The Hall–Kier alpha value is -2.68. The zero-order valence-electron chi connectivity index (χ0n) is 14.0. The maximum Gasteiger partial charge on any atom is 0.416 e. The summed E-state index contributed by atoms with van der Waals surface area (Å²) in [5.74, 6) is -2.02. The Morgan fingerprint density at radius 1 is 1.04 bits per heavy atom. The molecule has 0 aliphatic rings. The number of Topliss-reactive ketones (excluding diaryl/α,β-unsaturated/α-hetero) is 1. The normalized spacial score (nSPS) is 11.2. The van der Waals surface area contributed by atoms with Crippen LogP contribution in [0.5, 0.6) is 0 Å². The van der Waals surface area contributed by atoms with Gasteiger partial charge in [-0.15, -0.1) is 11.3 Å². The van der Waals surface area contributed by atoms with Crippen LogP contribution in [0.25, 0.3) is 0 Å². The molecule has 0 fully saturated rings. The Balaban J connectivity index is 2.02. The van der Waals surface area contributed by atoms with Gasteiger partial charge >= 0.3 is 12.1 Å². The third-order valence-corrected chi connectivity index (χ3v) is 4.61. The van der Waals surface area contributed by atoms with Crippen LogP contribution in [0.2, 0.25) is 0 Å². The Labute approximate surface area is 157 Å². The number of benzene rings is 1. The van der Waals surface area contributed by atoms with Crippen LogP contribution in [0.15, 0.2) is 41.8 Å². The summed E-state index contributed by atoms with van der Waals surface area (Å²) in [6.07, 6.45) is -4.72. The molecule has 0 aliphatic heterocycles. The number of amides is 1. The van der Waals surface area contributed by atoms with Crippen molar-refractivity contribution in [1.82, 2.24) is 4.90 Å². The number of aliphatic carboxylic acids is 1. The molecule has 0 bridgehead atoms. The molecular formula is C18H16F3NO4S. The standard InChI is InChI=1S/C18H16F3NO4S/c19-18(20,21)13-5-3-12(4-6-13)10-22(11-17(25)26)16(24)8-7-14(23)15-2-1-9-27-15/h1-6,9H,7-8,10-11H2,(H,25,26). The topological polar surface area (TPSA) is 74.7 Å². The van der Waals surface area contributed by atoms with Crippen molar-refractivity contribution in [3.8, 4) is 0 Å². The quantitative estimate of drug-likeness (QED) is 0.685. The van der Waals surface area contributed by atoms with E-state index >= 15 is 0 Å². The molecule has 1 aromatic carbocycles. The van der Waals surface area contributed by atoms with Gasteiger partial charge in [-0.1, -0.05) is 18.2 Å². The number of nitrogens with zero attached hydrogens (tertiary/aromatic N) is 1. The smallest absolute Gasteiger partial charge is 0.416 e. The first-order chi connectivity index (χ1) is 12.7. The number of hydrogen-bond acceptors (Lipinski definition) is 4. The maximum atomic E-state index is 12.6. The van der Waals surface area contributed by atoms with Crippen LogP contribution in [0, 0.1) is 0 Å². The van der Waals surface area contributed by atoms with Gasteiger partial charge in [0.25, 0.3) is 0 Å². The Morgan fingerprint density at radius 3 is 2.22 bits per heavy atom. The number of carbonyl (C=O) groups is 3. The molecule has 0 atom stereocenters. The lowest BCUT2D eigenvalue weighted by Crippen LogP contribution is -2.35. The summed E-state index contributed by atoms with van der Waals surface area (Å²) in [4.78, 5) is 36.8. The minimum atomic E-state index is -4.47. The predicted molar refractivity (Wildman–Crippen MR) is 92.4 cm³/mol. The molecule has 27 heavy (non-hydrogen) atoms. The molecule has 1 amide bonds. The fourth-order valence-corrected chi connectivity index (χ4v) is 3.05. The lowest BCUT2D eigenvalue weighted by molar-refractivity contribution is -0.144. The summed E-state index contributed by atoms with van der Waals surface area (Å²) in [6.45, 7) is -0.760. The number of alkyl halides is 3. The van der Waals surface area contributed by atoms with Crippen molar-refractivity contribution in [3.63, 3.8) is 0 Å². The third kappa shape index (κ3) is 6.21. The second-order valence-electron chi connectivity index (χ2n) is 5.74. The lowest BCUT2D eigenvalue weighted by Gasteiger charge is -2.21. The number of carboxylic acid groups (broad SMARTS) is 1. The van der Waals surface area contributed by atoms with Gasteiger partial charge in [-0.25, -0.2) is 0 Å². The van der Waals surface area contributed by atoms with E-state index in [1.54, 1.807) is 17.5 Å². The highest BCUT2D eigenvalue weighted by Crippen LogP contribution is 2.29. The molecule has 0 radical (unpaired) electrons. The number of halogens is 3. The van der Waals surface area contributed by atoms with E-state index in [-0.39, 0.29) is 25.2 Å². The molecule has 1 N–H and O–H groups in total. The highest BCUT2D eigenvalue weighted by molar-refractivity contribution is 7.12. The molecule has 1 heterocycles. The van der Waals surface area contributed by atoms with E-state index in [0.717, 1.165) is 17.0 Å². The molecule has 0 aliphatic carbocycles. The van der Waals surface area contributed by atoms with E-state index < -0.39 is 30.2 Å². The third-order valence-electron chi connectivity index (χ3n) is 3.70. The average Bonchev–Trinajstić information content (AvgIpc) is 3.13. The van der Waals surface area contributed by atoms with E-state index in [2.05, 4.69) is 0 Å². The number of carboxylic acids is 1. The minimum absolute atomic E-state index is 0.0670.